The monoisotopic (exact) mass is 221 g/mol. The fourth-order valence-electron chi connectivity index (χ4n) is 2.41. The van der Waals surface area contributed by atoms with Crippen LogP contribution >= 0.6 is 0 Å². The maximum Gasteiger partial charge on any atom is 0.308 e. The molecule has 0 spiro atoms. The lowest BCUT2D eigenvalue weighted by Gasteiger charge is -2.11. The first-order valence-corrected chi connectivity index (χ1v) is 5.59. The van der Waals surface area contributed by atoms with E-state index < -0.39 is 5.97 Å². The molecule has 1 heterocycles. The van der Waals surface area contributed by atoms with Crippen molar-refractivity contribution in [3.8, 4) is 0 Å². The van der Waals surface area contributed by atoms with Crippen LogP contribution < -0.4 is 5.56 Å². The number of hydrogen-bond donors (Lipinski definition) is 1. The van der Waals surface area contributed by atoms with Crippen molar-refractivity contribution < 1.29 is 9.90 Å². The lowest BCUT2D eigenvalue weighted by molar-refractivity contribution is -0.136. The molecule has 0 aliphatic heterocycles. The molecule has 0 amide bonds. The highest BCUT2D eigenvalue weighted by Crippen LogP contribution is 2.21. The van der Waals surface area contributed by atoms with Gasteiger partial charge in [-0.15, -0.1) is 0 Å². The van der Waals surface area contributed by atoms with E-state index in [0.29, 0.717) is 12.1 Å². The average Bonchev–Trinajstić information content (AvgIpc) is 2.66. The van der Waals surface area contributed by atoms with E-state index in [1.165, 1.54) is 0 Å². The van der Waals surface area contributed by atoms with Crippen molar-refractivity contribution in [3.05, 3.63) is 33.2 Å². The number of aryl methyl sites for hydroxylation is 1. The second-order valence-electron chi connectivity index (χ2n) is 4.11. The first kappa shape index (κ1) is 10.9. The smallest absolute Gasteiger partial charge is 0.308 e. The van der Waals surface area contributed by atoms with Crippen LogP contribution in [-0.2, 0) is 30.6 Å². The van der Waals surface area contributed by atoms with Gasteiger partial charge in [-0.1, -0.05) is 0 Å². The molecule has 4 heteroatoms. The Morgan fingerprint density at radius 1 is 1.50 bits per heavy atom. The van der Waals surface area contributed by atoms with Gasteiger partial charge in [-0.3, -0.25) is 9.59 Å². The molecule has 0 saturated carbocycles. The van der Waals surface area contributed by atoms with Gasteiger partial charge in [-0.25, -0.2) is 0 Å². The Hall–Kier alpha value is -1.58. The topological polar surface area (TPSA) is 59.3 Å². The lowest BCUT2D eigenvalue weighted by atomic mass is 10.1. The minimum atomic E-state index is -0.947. The van der Waals surface area contributed by atoms with E-state index >= 15 is 0 Å². The van der Waals surface area contributed by atoms with Crippen LogP contribution in [0, 0.1) is 0 Å². The Kier molecular flexibility index (Phi) is 2.81. The predicted octanol–water partition coefficient (Wildman–Crippen LogP) is 0.984. The normalized spacial score (nSPS) is 13.8. The molecule has 0 radical (unpaired) electrons. The maximum atomic E-state index is 12.0. The van der Waals surface area contributed by atoms with Gasteiger partial charge >= 0.3 is 5.97 Å². The van der Waals surface area contributed by atoms with E-state index in [-0.39, 0.29) is 12.0 Å². The van der Waals surface area contributed by atoms with Crippen molar-refractivity contribution in [1.29, 1.82) is 0 Å². The molecular weight excluding hydrogens is 206 g/mol. The Bertz CT molecular complexity index is 488. The summed E-state index contributed by atoms with van der Waals surface area (Å²) >= 11 is 0. The van der Waals surface area contributed by atoms with Crippen molar-refractivity contribution in [2.45, 2.75) is 39.2 Å². The molecule has 1 aromatic rings. The van der Waals surface area contributed by atoms with Gasteiger partial charge in [0.25, 0.3) is 5.56 Å². The summed E-state index contributed by atoms with van der Waals surface area (Å²) < 4.78 is 1.72. The van der Waals surface area contributed by atoms with Crippen molar-refractivity contribution >= 4 is 5.97 Å². The molecule has 0 fully saturated rings. The molecule has 16 heavy (non-hydrogen) atoms. The molecular formula is C12H15NO3. The third-order valence-corrected chi connectivity index (χ3v) is 3.08. The van der Waals surface area contributed by atoms with Crippen LogP contribution in [-0.4, -0.2) is 15.6 Å². The molecule has 0 unspecified atom stereocenters. The Balaban J connectivity index is 2.56. The first-order chi connectivity index (χ1) is 7.63. The number of aliphatic carboxylic acids is 1. The van der Waals surface area contributed by atoms with Gasteiger partial charge in [-0.05, 0) is 37.8 Å². The van der Waals surface area contributed by atoms with E-state index in [1.807, 2.05) is 6.92 Å². The van der Waals surface area contributed by atoms with Crippen molar-refractivity contribution in [1.82, 2.24) is 4.57 Å². The van der Waals surface area contributed by atoms with Crippen LogP contribution in [0.1, 0.15) is 30.2 Å². The van der Waals surface area contributed by atoms with Gasteiger partial charge in [0.15, 0.2) is 0 Å². The van der Waals surface area contributed by atoms with Crippen LogP contribution in [0.3, 0.4) is 0 Å². The number of fused-ring (bicyclic) bond motifs is 1. The average molecular weight is 221 g/mol. The SMILES string of the molecule is CCn1c2c(cc(CC(=O)O)c1=O)CCC2. The number of carboxylic acid groups (broad SMARTS) is 1. The molecule has 1 aliphatic rings. The van der Waals surface area contributed by atoms with Crippen molar-refractivity contribution in [2.24, 2.45) is 0 Å². The number of pyridine rings is 1. The molecule has 86 valence electrons. The summed E-state index contributed by atoms with van der Waals surface area (Å²) in [5, 5.41) is 8.76. The van der Waals surface area contributed by atoms with Crippen LogP contribution in [0.2, 0.25) is 0 Å². The third-order valence-electron chi connectivity index (χ3n) is 3.08. The number of carboxylic acids is 1. The summed E-state index contributed by atoms with van der Waals surface area (Å²) in [6.45, 7) is 2.54. The van der Waals surface area contributed by atoms with Gasteiger partial charge in [0.2, 0.25) is 0 Å². The summed E-state index contributed by atoms with van der Waals surface area (Å²) in [4.78, 5) is 22.7. The summed E-state index contributed by atoms with van der Waals surface area (Å²) in [6.07, 6.45) is 2.78. The zero-order valence-electron chi connectivity index (χ0n) is 9.32. The summed E-state index contributed by atoms with van der Waals surface area (Å²) in [5.74, 6) is -0.947. The second-order valence-corrected chi connectivity index (χ2v) is 4.11. The molecule has 0 aromatic carbocycles. The Labute approximate surface area is 93.5 Å². The molecule has 2 rings (SSSR count). The second kappa shape index (κ2) is 4.12. The lowest BCUT2D eigenvalue weighted by Crippen LogP contribution is -2.27. The van der Waals surface area contributed by atoms with Crippen LogP contribution in [0.5, 0.6) is 0 Å². The number of carbonyl (C=O) groups is 1. The molecule has 1 aliphatic carbocycles. The molecule has 0 atom stereocenters. The molecule has 0 bridgehead atoms. The predicted molar refractivity (Wildman–Crippen MR) is 59.7 cm³/mol. The van der Waals surface area contributed by atoms with Gasteiger partial charge in [-0.2, -0.15) is 0 Å². The zero-order chi connectivity index (χ0) is 11.7. The van der Waals surface area contributed by atoms with E-state index in [0.717, 1.165) is 30.5 Å². The molecule has 0 saturated heterocycles. The van der Waals surface area contributed by atoms with Gasteiger partial charge in [0.1, 0.15) is 0 Å². The Morgan fingerprint density at radius 2 is 2.25 bits per heavy atom. The van der Waals surface area contributed by atoms with E-state index in [9.17, 15) is 9.59 Å². The minimum Gasteiger partial charge on any atom is -0.481 e. The first-order valence-electron chi connectivity index (χ1n) is 5.59. The van der Waals surface area contributed by atoms with Crippen LogP contribution in [0.15, 0.2) is 10.9 Å². The van der Waals surface area contributed by atoms with E-state index in [2.05, 4.69) is 0 Å². The highest BCUT2D eigenvalue weighted by atomic mass is 16.4. The maximum absolute atomic E-state index is 12.0. The fraction of sp³-hybridized carbons (Fsp3) is 0.500. The van der Waals surface area contributed by atoms with E-state index in [1.54, 1.807) is 10.6 Å². The highest BCUT2D eigenvalue weighted by molar-refractivity contribution is 5.70. The van der Waals surface area contributed by atoms with Crippen LogP contribution in [0.4, 0.5) is 0 Å². The largest absolute Gasteiger partial charge is 0.481 e. The number of hydrogen-bond acceptors (Lipinski definition) is 2. The third kappa shape index (κ3) is 1.75. The molecule has 4 nitrogen and oxygen atoms in total. The quantitative estimate of drug-likeness (QED) is 0.827. The van der Waals surface area contributed by atoms with Gasteiger partial charge in [0, 0.05) is 17.8 Å². The van der Waals surface area contributed by atoms with E-state index in [4.69, 9.17) is 5.11 Å². The van der Waals surface area contributed by atoms with Gasteiger partial charge < -0.3 is 9.67 Å². The minimum absolute atomic E-state index is 0.134. The van der Waals surface area contributed by atoms with Gasteiger partial charge in [0.05, 0.1) is 6.42 Å². The molecule has 1 N–H and O–H groups in total. The number of nitrogens with zero attached hydrogens (tertiary/aromatic N) is 1. The Morgan fingerprint density at radius 3 is 2.88 bits per heavy atom. The standard InChI is InChI=1S/C12H15NO3/c1-2-13-10-5-3-4-8(10)6-9(12(13)16)7-11(14)15/h6H,2-5,7H2,1H3,(H,14,15). The molecule has 1 aromatic heterocycles. The van der Waals surface area contributed by atoms with Crippen molar-refractivity contribution in [2.75, 3.05) is 0 Å². The van der Waals surface area contributed by atoms with Crippen LogP contribution in [0.25, 0.3) is 0 Å². The number of rotatable bonds is 3. The number of aromatic nitrogens is 1. The fourth-order valence-corrected chi connectivity index (χ4v) is 2.41. The summed E-state index contributed by atoms with van der Waals surface area (Å²) in [6, 6.07) is 1.78. The zero-order valence-corrected chi connectivity index (χ0v) is 9.32. The summed E-state index contributed by atoms with van der Waals surface area (Å²) in [5.41, 5.74) is 2.53. The highest BCUT2D eigenvalue weighted by Gasteiger charge is 2.19. The summed E-state index contributed by atoms with van der Waals surface area (Å²) in [7, 11) is 0. The van der Waals surface area contributed by atoms with Crippen molar-refractivity contribution in [3.63, 3.8) is 0 Å².